The van der Waals surface area contributed by atoms with Gasteiger partial charge in [-0.2, -0.15) is 5.10 Å². The van der Waals surface area contributed by atoms with Crippen LogP contribution < -0.4 is 16.3 Å². The Morgan fingerprint density at radius 2 is 1.86 bits per heavy atom. The topological polar surface area (TPSA) is 171 Å². The number of fused-ring (bicyclic) bond motifs is 1. The number of ether oxygens (including phenoxy) is 1. The lowest BCUT2D eigenvalue weighted by Gasteiger charge is -2.31. The number of oxazole rings is 1. The second-order valence-corrected chi connectivity index (χ2v) is 17.1. The second kappa shape index (κ2) is 19.6. The fraction of sp³-hybridized carbons (Fsp3) is 0.500. The number of carbonyl (C=O) groups is 3. The Bertz CT molecular complexity index is 2570. The summed E-state index contributed by atoms with van der Waals surface area (Å²) >= 11 is 0. The number of pyridine rings is 1. The molecule has 0 radical (unpaired) electrons. The molecule has 1 aromatic carbocycles. The van der Waals surface area contributed by atoms with Gasteiger partial charge in [-0.05, 0) is 101 Å². The average Bonchev–Trinajstić information content (AvgIpc) is 3.69. The highest BCUT2D eigenvalue weighted by Crippen LogP contribution is 2.36. The van der Waals surface area contributed by atoms with Gasteiger partial charge in [0.25, 0.3) is 12.3 Å². The lowest BCUT2D eigenvalue weighted by molar-refractivity contribution is -0.135. The zero-order valence-corrected chi connectivity index (χ0v) is 35.7. The van der Waals surface area contributed by atoms with Gasteiger partial charge in [0.05, 0.1) is 29.4 Å². The van der Waals surface area contributed by atoms with Gasteiger partial charge in [-0.1, -0.05) is 24.7 Å². The van der Waals surface area contributed by atoms with E-state index < -0.39 is 30.0 Å². The van der Waals surface area contributed by atoms with Crippen molar-refractivity contribution in [2.24, 2.45) is 18.9 Å². The third kappa shape index (κ3) is 10.6. The van der Waals surface area contributed by atoms with Crippen molar-refractivity contribution in [3.05, 3.63) is 82.1 Å². The Kier molecular flexibility index (Phi) is 13.6. The van der Waals surface area contributed by atoms with Crippen LogP contribution in [0.25, 0.3) is 22.5 Å². The Balaban J connectivity index is 0.742. The van der Waals surface area contributed by atoms with E-state index in [0.717, 1.165) is 75.2 Å². The Labute approximate surface area is 363 Å². The first-order valence-electron chi connectivity index (χ1n) is 21.9. The van der Waals surface area contributed by atoms with Crippen molar-refractivity contribution in [1.29, 1.82) is 0 Å². The summed E-state index contributed by atoms with van der Waals surface area (Å²) in [7, 11) is 3.76. The zero-order valence-electron chi connectivity index (χ0n) is 35.7. The number of imidazole rings is 1. The number of anilines is 1. The van der Waals surface area contributed by atoms with Crippen LogP contribution in [-0.2, 0) is 27.8 Å². The van der Waals surface area contributed by atoms with E-state index in [1.807, 2.05) is 18.2 Å². The molecule has 5 aromatic rings. The van der Waals surface area contributed by atoms with Gasteiger partial charge < -0.3 is 19.4 Å². The maximum absolute atomic E-state index is 14.1. The molecule has 17 heteroatoms. The first kappa shape index (κ1) is 43.7. The third-order valence-electron chi connectivity index (χ3n) is 12.3. The van der Waals surface area contributed by atoms with E-state index in [1.165, 1.54) is 34.4 Å². The van der Waals surface area contributed by atoms with E-state index in [1.54, 1.807) is 30.1 Å². The molecule has 3 fully saturated rings. The summed E-state index contributed by atoms with van der Waals surface area (Å²) in [6, 6.07) is 8.34. The Morgan fingerprint density at radius 3 is 2.63 bits per heavy atom. The normalized spacial score (nSPS) is 19.1. The van der Waals surface area contributed by atoms with Gasteiger partial charge in [-0.15, -0.1) is 0 Å². The molecule has 5 heterocycles. The van der Waals surface area contributed by atoms with Gasteiger partial charge in [-0.25, -0.2) is 18.6 Å². The molecule has 15 nitrogen and oxygen atoms in total. The molecule has 1 unspecified atom stereocenters. The van der Waals surface area contributed by atoms with E-state index in [4.69, 9.17) is 9.15 Å². The van der Waals surface area contributed by atoms with Crippen LogP contribution in [0.4, 0.5) is 14.5 Å². The maximum Gasteiger partial charge on any atom is 0.329 e. The number of halogens is 2. The van der Waals surface area contributed by atoms with Gasteiger partial charge in [0, 0.05) is 68.8 Å². The van der Waals surface area contributed by atoms with Crippen molar-refractivity contribution in [2.45, 2.75) is 95.6 Å². The predicted octanol–water partition coefficient (Wildman–Crippen LogP) is 6.61. The van der Waals surface area contributed by atoms with E-state index >= 15 is 0 Å². The van der Waals surface area contributed by atoms with Gasteiger partial charge in [0.15, 0.2) is 11.4 Å². The van der Waals surface area contributed by atoms with Gasteiger partial charge in [-0.3, -0.25) is 38.5 Å². The minimum atomic E-state index is -2.86. The minimum Gasteiger partial charge on any atom is -0.444 e. The second-order valence-electron chi connectivity index (χ2n) is 17.1. The highest BCUT2D eigenvalue weighted by atomic mass is 19.3. The van der Waals surface area contributed by atoms with Crippen molar-refractivity contribution in [3.63, 3.8) is 0 Å². The van der Waals surface area contributed by atoms with Crippen LogP contribution >= 0.6 is 0 Å². The molecule has 2 aliphatic carbocycles. The number of piperidine rings is 1. The van der Waals surface area contributed by atoms with E-state index in [-0.39, 0.29) is 47.8 Å². The highest BCUT2D eigenvalue weighted by Gasteiger charge is 2.32. The fourth-order valence-electron chi connectivity index (χ4n) is 8.67. The zero-order chi connectivity index (χ0) is 44.0. The summed E-state index contributed by atoms with van der Waals surface area (Å²) in [4.78, 5) is 61.3. The predicted molar refractivity (Wildman–Crippen MR) is 230 cm³/mol. The molecule has 1 atom stereocenters. The fourth-order valence-corrected chi connectivity index (χ4v) is 8.67. The van der Waals surface area contributed by atoms with Gasteiger partial charge in [0.2, 0.25) is 17.7 Å². The van der Waals surface area contributed by atoms with Crippen LogP contribution in [0.5, 0.6) is 0 Å². The number of aromatic nitrogens is 6. The number of imide groups is 1. The molecule has 63 heavy (non-hydrogen) atoms. The number of alkyl halides is 2. The third-order valence-corrected chi connectivity index (χ3v) is 12.3. The molecule has 1 saturated heterocycles. The van der Waals surface area contributed by atoms with Crippen LogP contribution in [0.2, 0.25) is 0 Å². The van der Waals surface area contributed by atoms with Gasteiger partial charge >= 0.3 is 5.69 Å². The molecule has 3 aliphatic rings. The Morgan fingerprint density at radius 1 is 1.05 bits per heavy atom. The number of nitrogens with one attached hydrogen (secondary N) is 2. The SMILES string of the molecule is CN(CCCOCCC#Cc1ccc2c(c1)n(C)c(=O)n2C1CCC(=O)NC1=O)CC1CCC(n2cc(NC(=O)c3coc(-c4ccnc(CCC5CC5)c4)n3)c(C(F)F)n2)CC1. The van der Waals surface area contributed by atoms with Crippen molar-refractivity contribution in [1.82, 2.24) is 39.1 Å². The summed E-state index contributed by atoms with van der Waals surface area (Å²) in [5.41, 5.74) is 2.84. The molecular weight excluding hydrogens is 813 g/mol. The summed E-state index contributed by atoms with van der Waals surface area (Å²) in [5.74, 6) is 6.35. The lowest BCUT2D eigenvalue weighted by Crippen LogP contribution is -2.44. The monoisotopic (exact) mass is 865 g/mol. The minimum absolute atomic E-state index is 0.0132. The van der Waals surface area contributed by atoms with Crippen LogP contribution in [0.1, 0.15) is 117 Å². The smallest absolute Gasteiger partial charge is 0.329 e. The van der Waals surface area contributed by atoms with E-state index in [0.29, 0.717) is 42.1 Å². The summed E-state index contributed by atoms with van der Waals surface area (Å²) in [6.45, 7) is 2.90. The standard InChI is InChI=1S/C46H53F2N9O6/c1-54(21-5-23-62-22-4-3-6-30-12-16-37-39(24-30)55(2)46(61)57(37)38-17-18-40(58)52-44(38)60)26-31-10-14-34(15-11-31)56-27-35(41(53-56)42(47)48)50-43(59)36-28-63-45(51-36)32-19-20-49-33(25-32)13-9-29-7-8-29/h12,16,19-20,24-25,27-29,31,34,38,42H,4-5,7-11,13-15,17-18,21-23,26H2,1-2H3,(H,50,59)(H,52,58,60). The first-order valence-corrected chi connectivity index (χ1v) is 21.9. The number of rotatable bonds is 17. The van der Waals surface area contributed by atoms with Crippen molar-refractivity contribution < 1.29 is 32.3 Å². The van der Waals surface area contributed by atoms with Crippen LogP contribution in [0.3, 0.4) is 0 Å². The largest absolute Gasteiger partial charge is 0.444 e. The molecule has 4 aromatic heterocycles. The molecule has 2 N–H and O–H groups in total. The number of nitrogens with zero attached hydrogens (tertiary/aromatic N) is 7. The van der Waals surface area contributed by atoms with E-state index in [9.17, 15) is 28.0 Å². The van der Waals surface area contributed by atoms with Crippen molar-refractivity contribution >= 4 is 34.4 Å². The molecule has 3 amide bonds. The number of hydrogen-bond acceptors (Lipinski definition) is 10. The molecule has 8 rings (SSSR count). The summed E-state index contributed by atoms with van der Waals surface area (Å²) < 4.78 is 44.2. The maximum atomic E-state index is 14.1. The number of benzene rings is 1. The number of amides is 3. The van der Waals surface area contributed by atoms with Gasteiger partial charge in [0.1, 0.15) is 12.3 Å². The summed E-state index contributed by atoms with van der Waals surface area (Å²) in [5, 5.41) is 9.15. The number of aryl methyl sites for hydroxylation is 2. The van der Waals surface area contributed by atoms with Crippen LogP contribution in [0, 0.1) is 23.7 Å². The molecule has 2 saturated carbocycles. The molecule has 0 spiro atoms. The average molecular weight is 866 g/mol. The quantitative estimate of drug-likeness (QED) is 0.0589. The highest BCUT2D eigenvalue weighted by molar-refractivity contribution is 6.03. The first-order chi connectivity index (χ1) is 30.5. The molecule has 1 aliphatic heterocycles. The lowest BCUT2D eigenvalue weighted by atomic mass is 9.86. The Hall–Kier alpha value is -5.99. The van der Waals surface area contributed by atoms with Crippen LogP contribution in [0.15, 0.2) is 58.2 Å². The number of carbonyl (C=O) groups excluding carboxylic acids is 3. The van der Waals surface area contributed by atoms with Crippen molar-refractivity contribution in [2.75, 3.05) is 38.7 Å². The van der Waals surface area contributed by atoms with Crippen LogP contribution in [-0.4, -0.2) is 84.9 Å². The number of hydrogen-bond donors (Lipinski definition) is 2. The van der Waals surface area contributed by atoms with E-state index in [2.05, 4.69) is 49.5 Å². The molecule has 332 valence electrons. The van der Waals surface area contributed by atoms with Crippen molar-refractivity contribution in [3.8, 4) is 23.3 Å². The summed E-state index contributed by atoms with van der Waals surface area (Å²) in [6.07, 6.45) is 11.4. The molecule has 0 bridgehead atoms. The molecular formula is C46H53F2N9O6.